The number of benzene rings is 3. The largest absolute Gasteiger partial charge is 0.492 e. The van der Waals surface area contributed by atoms with Crippen LogP contribution in [-0.4, -0.2) is 43.6 Å². The quantitative estimate of drug-likeness (QED) is 0.585. The lowest BCUT2D eigenvalue weighted by Gasteiger charge is -2.39. The Hall–Kier alpha value is -3.38. The van der Waals surface area contributed by atoms with Gasteiger partial charge in [0.15, 0.2) is 0 Å². The molecule has 0 bridgehead atoms. The van der Waals surface area contributed by atoms with Crippen molar-refractivity contribution in [2.75, 3.05) is 43.0 Å². The molecule has 0 radical (unpaired) electrons. The lowest BCUT2D eigenvalue weighted by atomic mass is 10.0. The second-order valence-electron chi connectivity index (χ2n) is 7.71. The Balaban J connectivity index is 1.53. The molecule has 1 amide bonds. The van der Waals surface area contributed by atoms with Gasteiger partial charge in [-0.25, -0.2) is 4.39 Å². The summed E-state index contributed by atoms with van der Waals surface area (Å²) in [5.41, 5.74) is 2.20. The van der Waals surface area contributed by atoms with Gasteiger partial charge in [-0.05, 0) is 36.8 Å². The van der Waals surface area contributed by atoms with Gasteiger partial charge < -0.3 is 15.0 Å². The fourth-order valence-electron chi connectivity index (χ4n) is 4.14. The first-order chi connectivity index (χ1) is 15.7. The molecule has 1 heterocycles. The zero-order valence-corrected chi connectivity index (χ0v) is 18.2. The van der Waals surface area contributed by atoms with Crippen LogP contribution in [0.4, 0.5) is 15.8 Å². The van der Waals surface area contributed by atoms with E-state index in [-0.39, 0.29) is 11.7 Å². The first-order valence-corrected chi connectivity index (χ1v) is 11.0. The molecule has 3 aromatic carbocycles. The van der Waals surface area contributed by atoms with E-state index in [0.717, 1.165) is 5.56 Å². The van der Waals surface area contributed by atoms with Crippen LogP contribution in [0.5, 0.6) is 5.75 Å². The van der Waals surface area contributed by atoms with Crippen molar-refractivity contribution in [3.63, 3.8) is 0 Å². The molecule has 0 aromatic heterocycles. The van der Waals surface area contributed by atoms with Crippen molar-refractivity contribution in [3.05, 3.63) is 90.2 Å². The van der Waals surface area contributed by atoms with Crippen molar-refractivity contribution in [1.82, 2.24) is 4.90 Å². The van der Waals surface area contributed by atoms with Crippen LogP contribution >= 0.6 is 0 Å². The lowest BCUT2D eigenvalue weighted by molar-refractivity contribution is -0.121. The molecule has 166 valence electrons. The summed E-state index contributed by atoms with van der Waals surface area (Å²) in [5.74, 6) is 0.327. The van der Waals surface area contributed by atoms with Crippen LogP contribution in [0.15, 0.2) is 78.9 Å². The van der Waals surface area contributed by atoms with E-state index in [4.69, 9.17) is 4.74 Å². The van der Waals surface area contributed by atoms with Gasteiger partial charge in [0, 0.05) is 26.2 Å². The summed E-state index contributed by atoms with van der Waals surface area (Å²) in [7, 11) is 0. The fraction of sp³-hybridized carbons (Fsp3) is 0.269. The van der Waals surface area contributed by atoms with Gasteiger partial charge >= 0.3 is 0 Å². The van der Waals surface area contributed by atoms with Gasteiger partial charge in [0.1, 0.15) is 17.6 Å². The third-order valence-corrected chi connectivity index (χ3v) is 5.68. The van der Waals surface area contributed by atoms with E-state index in [1.54, 1.807) is 12.1 Å². The number of nitrogens with zero attached hydrogens (tertiary/aromatic N) is 2. The molecule has 6 heteroatoms. The summed E-state index contributed by atoms with van der Waals surface area (Å²) in [4.78, 5) is 17.7. The van der Waals surface area contributed by atoms with Crippen molar-refractivity contribution >= 4 is 17.3 Å². The molecule has 1 aliphatic heterocycles. The van der Waals surface area contributed by atoms with E-state index in [1.807, 2.05) is 72.5 Å². The number of hydrogen-bond acceptors (Lipinski definition) is 4. The minimum Gasteiger partial charge on any atom is -0.492 e. The molecule has 0 spiro atoms. The summed E-state index contributed by atoms with van der Waals surface area (Å²) in [6, 6.07) is 23.6. The van der Waals surface area contributed by atoms with Crippen LogP contribution in [0.2, 0.25) is 0 Å². The molecule has 0 aliphatic carbocycles. The maximum Gasteiger partial charge on any atom is 0.246 e. The Morgan fingerprint density at radius 1 is 0.938 bits per heavy atom. The molecule has 1 saturated heterocycles. The highest BCUT2D eigenvalue weighted by molar-refractivity contribution is 5.96. The van der Waals surface area contributed by atoms with Crippen molar-refractivity contribution in [1.29, 1.82) is 0 Å². The summed E-state index contributed by atoms with van der Waals surface area (Å²) < 4.78 is 19.9. The molecule has 1 unspecified atom stereocenters. The van der Waals surface area contributed by atoms with E-state index >= 15 is 0 Å². The van der Waals surface area contributed by atoms with Crippen molar-refractivity contribution < 1.29 is 13.9 Å². The molecular formula is C26H28FN3O2. The van der Waals surface area contributed by atoms with Gasteiger partial charge in [-0.3, -0.25) is 9.69 Å². The first kappa shape index (κ1) is 21.8. The number of anilines is 2. The van der Waals surface area contributed by atoms with Crippen LogP contribution < -0.4 is 15.0 Å². The summed E-state index contributed by atoms with van der Waals surface area (Å²) in [5, 5.41) is 3.06. The second-order valence-corrected chi connectivity index (χ2v) is 7.71. The van der Waals surface area contributed by atoms with Crippen LogP contribution in [0.3, 0.4) is 0 Å². The van der Waals surface area contributed by atoms with Crippen molar-refractivity contribution in [2.24, 2.45) is 0 Å². The number of carbonyl (C=O) groups is 1. The summed E-state index contributed by atoms with van der Waals surface area (Å²) >= 11 is 0. The summed E-state index contributed by atoms with van der Waals surface area (Å²) in [6.07, 6.45) is 0. The van der Waals surface area contributed by atoms with E-state index < -0.39 is 6.04 Å². The number of piperazine rings is 1. The monoisotopic (exact) mass is 433 g/mol. The molecule has 1 aliphatic rings. The Morgan fingerprint density at radius 2 is 1.59 bits per heavy atom. The van der Waals surface area contributed by atoms with Crippen LogP contribution in [0.1, 0.15) is 18.5 Å². The van der Waals surface area contributed by atoms with Gasteiger partial charge in [0.2, 0.25) is 5.91 Å². The number of para-hydroxylation sites is 3. The van der Waals surface area contributed by atoms with Crippen molar-refractivity contribution in [2.45, 2.75) is 13.0 Å². The smallest absolute Gasteiger partial charge is 0.246 e. The number of carbonyl (C=O) groups excluding carboxylic acids is 1. The number of nitrogens with one attached hydrogen (secondary N) is 1. The Kier molecular flexibility index (Phi) is 7.02. The van der Waals surface area contributed by atoms with E-state index in [0.29, 0.717) is 49.9 Å². The zero-order valence-electron chi connectivity index (χ0n) is 18.2. The predicted molar refractivity (Wildman–Crippen MR) is 126 cm³/mol. The van der Waals surface area contributed by atoms with Crippen LogP contribution in [0.25, 0.3) is 0 Å². The lowest BCUT2D eigenvalue weighted by Crippen LogP contribution is -2.50. The van der Waals surface area contributed by atoms with Gasteiger partial charge in [0.25, 0.3) is 0 Å². The maximum atomic E-state index is 14.2. The highest BCUT2D eigenvalue weighted by Gasteiger charge is 2.31. The van der Waals surface area contributed by atoms with E-state index in [1.165, 1.54) is 6.07 Å². The normalized spacial score (nSPS) is 15.2. The van der Waals surface area contributed by atoms with Crippen LogP contribution in [-0.2, 0) is 4.79 Å². The molecule has 5 nitrogen and oxygen atoms in total. The Bertz CT molecular complexity index is 1040. The molecule has 1 fully saturated rings. The van der Waals surface area contributed by atoms with Gasteiger partial charge in [-0.2, -0.15) is 0 Å². The molecule has 1 N–H and O–H groups in total. The standard InChI is InChI=1S/C26H28FN3O2/c1-2-32-24-15-9-7-13-22(24)28-26(31)25(20-10-4-3-5-11-20)30-18-16-29(17-19-30)23-14-8-6-12-21(23)27/h3-15,25H,2,16-19H2,1H3,(H,28,31). The highest BCUT2D eigenvalue weighted by atomic mass is 19.1. The molecule has 3 aromatic rings. The topological polar surface area (TPSA) is 44.8 Å². The average Bonchev–Trinajstić information content (AvgIpc) is 2.82. The van der Waals surface area contributed by atoms with Crippen molar-refractivity contribution in [3.8, 4) is 5.75 Å². The Labute approximate surface area is 188 Å². The highest BCUT2D eigenvalue weighted by Crippen LogP contribution is 2.29. The molecule has 4 rings (SSSR count). The molecular weight excluding hydrogens is 405 g/mol. The van der Waals surface area contributed by atoms with Gasteiger partial charge in [0.05, 0.1) is 18.0 Å². The fourth-order valence-corrected chi connectivity index (χ4v) is 4.14. The predicted octanol–water partition coefficient (Wildman–Crippen LogP) is 4.73. The first-order valence-electron chi connectivity index (χ1n) is 11.0. The SMILES string of the molecule is CCOc1ccccc1NC(=O)C(c1ccccc1)N1CCN(c2ccccc2F)CC1. The minimum absolute atomic E-state index is 0.109. The number of ether oxygens (including phenoxy) is 1. The average molecular weight is 434 g/mol. The maximum absolute atomic E-state index is 14.2. The molecule has 0 saturated carbocycles. The van der Waals surface area contributed by atoms with Crippen LogP contribution in [0, 0.1) is 5.82 Å². The third kappa shape index (κ3) is 4.92. The van der Waals surface area contributed by atoms with E-state index in [2.05, 4.69) is 10.2 Å². The number of halogens is 1. The third-order valence-electron chi connectivity index (χ3n) is 5.68. The number of hydrogen-bond donors (Lipinski definition) is 1. The second kappa shape index (κ2) is 10.3. The molecule has 32 heavy (non-hydrogen) atoms. The Morgan fingerprint density at radius 3 is 2.31 bits per heavy atom. The van der Waals surface area contributed by atoms with Gasteiger partial charge in [-0.15, -0.1) is 0 Å². The molecule has 1 atom stereocenters. The number of amides is 1. The summed E-state index contributed by atoms with van der Waals surface area (Å²) in [6.45, 7) is 5.02. The number of rotatable bonds is 7. The minimum atomic E-state index is -0.450. The zero-order chi connectivity index (χ0) is 22.3. The van der Waals surface area contributed by atoms with Gasteiger partial charge in [-0.1, -0.05) is 54.6 Å². The van der Waals surface area contributed by atoms with E-state index in [9.17, 15) is 9.18 Å².